The highest BCUT2D eigenvalue weighted by atomic mass is 16.5. The van der Waals surface area contributed by atoms with Crippen molar-refractivity contribution in [1.82, 2.24) is 5.32 Å². The Labute approximate surface area is 154 Å². The molecule has 0 aliphatic heterocycles. The van der Waals surface area contributed by atoms with E-state index < -0.39 is 6.10 Å². The molecule has 1 aliphatic carbocycles. The molecule has 4 N–H and O–H groups in total. The van der Waals surface area contributed by atoms with Gasteiger partial charge in [-0.15, -0.1) is 0 Å². The molecule has 5 nitrogen and oxygen atoms in total. The van der Waals surface area contributed by atoms with Gasteiger partial charge >= 0.3 is 0 Å². The Balaban J connectivity index is 1.60. The molecule has 0 heterocycles. The average molecular weight is 354 g/mol. The fourth-order valence-corrected chi connectivity index (χ4v) is 3.34. The van der Waals surface area contributed by atoms with Crippen molar-refractivity contribution < 1.29 is 14.6 Å². The molecular formula is C21H26N2O3. The maximum atomic E-state index is 12.5. The summed E-state index contributed by atoms with van der Waals surface area (Å²) in [4.78, 5) is 12.5. The quantitative estimate of drug-likeness (QED) is 0.743. The van der Waals surface area contributed by atoms with Crippen molar-refractivity contribution in [1.29, 1.82) is 0 Å². The van der Waals surface area contributed by atoms with Gasteiger partial charge in [-0.3, -0.25) is 4.79 Å². The molecule has 1 saturated carbocycles. The van der Waals surface area contributed by atoms with E-state index in [0.29, 0.717) is 12.1 Å². The van der Waals surface area contributed by atoms with E-state index in [4.69, 9.17) is 10.5 Å². The van der Waals surface area contributed by atoms with Crippen molar-refractivity contribution in [2.24, 2.45) is 5.73 Å². The van der Waals surface area contributed by atoms with Gasteiger partial charge in [0.15, 0.2) is 0 Å². The monoisotopic (exact) mass is 354 g/mol. The van der Waals surface area contributed by atoms with E-state index in [1.807, 2.05) is 42.5 Å². The zero-order valence-electron chi connectivity index (χ0n) is 14.8. The summed E-state index contributed by atoms with van der Waals surface area (Å²) >= 11 is 0. The SMILES string of the molecule is NCCc1ccc(C(=O)N[C@@H]2CCC[C@@H](Oc3ccccc3)[C@@H]2O)cc1. The summed E-state index contributed by atoms with van der Waals surface area (Å²) in [6.45, 7) is 0.586. The van der Waals surface area contributed by atoms with Crippen molar-refractivity contribution in [3.63, 3.8) is 0 Å². The summed E-state index contributed by atoms with van der Waals surface area (Å²) in [6.07, 6.45) is 2.16. The van der Waals surface area contributed by atoms with Crippen LogP contribution in [0.15, 0.2) is 54.6 Å². The second kappa shape index (κ2) is 8.83. The number of benzene rings is 2. The zero-order chi connectivity index (χ0) is 18.4. The van der Waals surface area contributed by atoms with Gasteiger partial charge in [-0.25, -0.2) is 0 Å². The van der Waals surface area contributed by atoms with Gasteiger partial charge in [-0.2, -0.15) is 0 Å². The highest BCUT2D eigenvalue weighted by Crippen LogP contribution is 2.24. The maximum absolute atomic E-state index is 12.5. The van der Waals surface area contributed by atoms with E-state index in [1.165, 1.54) is 0 Å². The Morgan fingerprint density at radius 1 is 1.12 bits per heavy atom. The molecule has 3 atom stereocenters. The number of nitrogens with two attached hydrogens (primary N) is 1. The topological polar surface area (TPSA) is 84.6 Å². The summed E-state index contributed by atoms with van der Waals surface area (Å²) in [5.41, 5.74) is 7.24. The van der Waals surface area contributed by atoms with Crippen LogP contribution in [0, 0.1) is 0 Å². The lowest BCUT2D eigenvalue weighted by Crippen LogP contribution is -2.52. The third-order valence-electron chi connectivity index (χ3n) is 4.79. The van der Waals surface area contributed by atoms with Gasteiger partial charge in [-0.1, -0.05) is 30.3 Å². The van der Waals surface area contributed by atoms with Gasteiger partial charge in [0.25, 0.3) is 5.91 Å². The molecule has 138 valence electrons. The number of aliphatic hydroxyl groups is 1. The minimum Gasteiger partial charge on any atom is -0.488 e. The normalized spacial score (nSPS) is 22.6. The predicted molar refractivity (Wildman–Crippen MR) is 101 cm³/mol. The van der Waals surface area contributed by atoms with E-state index >= 15 is 0 Å². The molecular weight excluding hydrogens is 328 g/mol. The van der Waals surface area contributed by atoms with E-state index in [2.05, 4.69) is 5.32 Å². The Bertz CT molecular complexity index is 703. The van der Waals surface area contributed by atoms with Crippen molar-refractivity contribution >= 4 is 5.91 Å². The standard InChI is InChI=1S/C21H26N2O3/c22-14-13-15-9-11-16(12-10-15)21(25)23-18-7-4-8-19(20(18)24)26-17-5-2-1-3-6-17/h1-3,5-6,9-12,18-20,24H,4,7-8,13-14,22H2,(H,23,25)/t18-,19-,20-/m1/s1. The van der Waals surface area contributed by atoms with Crippen LogP contribution in [0.3, 0.4) is 0 Å². The molecule has 0 radical (unpaired) electrons. The maximum Gasteiger partial charge on any atom is 0.251 e. The third-order valence-corrected chi connectivity index (χ3v) is 4.79. The number of aliphatic hydroxyl groups excluding tert-OH is 1. The van der Waals surface area contributed by atoms with E-state index in [0.717, 1.165) is 37.0 Å². The molecule has 2 aromatic carbocycles. The van der Waals surface area contributed by atoms with Crippen LogP contribution in [0.2, 0.25) is 0 Å². The molecule has 26 heavy (non-hydrogen) atoms. The molecule has 1 aliphatic rings. The van der Waals surface area contributed by atoms with Gasteiger partial charge in [0.05, 0.1) is 6.04 Å². The largest absolute Gasteiger partial charge is 0.488 e. The van der Waals surface area contributed by atoms with Crippen molar-refractivity contribution in [3.8, 4) is 5.75 Å². The van der Waals surface area contributed by atoms with Crippen molar-refractivity contribution in [3.05, 3.63) is 65.7 Å². The Kier molecular flexibility index (Phi) is 6.26. The second-order valence-corrected chi connectivity index (χ2v) is 6.71. The predicted octanol–water partition coefficient (Wildman–Crippen LogP) is 2.28. The lowest BCUT2D eigenvalue weighted by Gasteiger charge is -2.35. The Morgan fingerprint density at radius 2 is 1.85 bits per heavy atom. The average Bonchev–Trinajstić information content (AvgIpc) is 2.66. The Hall–Kier alpha value is -2.37. The molecule has 2 aromatic rings. The first kappa shape index (κ1) is 18.4. The summed E-state index contributed by atoms with van der Waals surface area (Å²) in [5, 5.41) is 13.6. The summed E-state index contributed by atoms with van der Waals surface area (Å²) < 4.78 is 5.91. The number of carbonyl (C=O) groups excluding carboxylic acids is 1. The van der Waals surface area contributed by atoms with Crippen LogP contribution in [-0.4, -0.2) is 35.8 Å². The smallest absolute Gasteiger partial charge is 0.251 e. The van der Waals surface area contributed by atoms with Crippen LogP contribution < -0.4 is 15.8 Å². The fraction of sp³-hybridized carbons (Fsp3) is 0.381. The molecule has 0 aromatic heterocycles. The van der Waals surface area contributed by atoms with Crippen LogP contribution in [0.1, 0.15) is 35.2 Å². The highest BCUT2D eigenvalue weighted by molar-refractivity contribution is 5.94. The first-order chi connectivity index (χ1) is 12.7. The summed E-state index contributed by atoms with van der Waals surface area (Å²) in [7, 11) is 0. The van der Waals surface area contributed by atoms with E-state index in [-0.39, 0.29) is 18.1 Å². The molecule has 1 amide bonds. The lowest BCUT2D eigenvalue weighted by atomic mass is 9.89. The number of nitrogens with one attached hydrogen (secondary N) is 1. The number of carbonyl (C=O) groups is 1. The molecule has 5 heteroatoms. The summed E-state index contributed by atoms with van der Waals surface area (Å²) in [5.74, 6) is 0.563. The van der Waals surface area contributed by atoms with Crippen LogP contribution >= 0.6 is 0 Å². The van der Waals surface area contributed by atoms with Crippen molar-refractivity contribution in [2.75, 3.05) is 6.54 Å². The number of rotatable bonds is 6. The molecule has 0 unspecified atom stereocenters. The van der Waals surface area contributed by atoms with Crippen LogP contribution in [0.4, 0.5) is 0 Å². The minimum atomic E-state index is -0.732. The molecule has 0 bridgehead atoms. The number of hydrogen-bond donors (Lipinski definition) is 3. The zero-order valence-corrected chi connectivity index (χ0v) is 14.8. The molecule has 1 fully saturated rings. The highest BCUT2D eigenvalue weighted by Gasteiger charge is 2.34. The van der Waals surface area contributed by atoms with Gasteiger partial charge in [0.2, 0.25) is 0 Å². The third kappa shape index (κ3) is 4.62. The molecule has 0 saturated heterocycles. The van der Waals surface area contributed by atoms with Crippen LogP contribution in [-0.2, 0) is 6.42 Å². The number of para-hydroxylation sites is 1. The van der Waals surface area contributed by atoms with Gasteiger partial charge in [0, 0.05) is 5.56 Å². The first-order valence-electron chi connectivity index (χ1n) is 9.17. The van der Waals surface area contributed by atoms with Gasteiger partial charge in [-0.05, 0) is 62.1 Å². The second-order valence-electron chi connectivity index (χ2n) is 6.71. The van der Waals surface area contributed by atoms with Crippen LogP contribution in [0.5, 0.6) is 5.75 Å². The fourth-order valence-electron chi connectivity index (χ4n) is 3.34. The summed E-state index contributed by atoms with van der Waals surface area (Å²) in [6, 6.07) is 16.6. The Morgan fingerprint density at radius 3 is 2.54 bits per heavy atom. The lowest BCUT2D eigenvalue weighted by molar-refractivity contribution is -0.0140. The number of hydrogen-bond acceptors (Lipinski definition) is 4. The van der Waals surface area contributed by atoms with Crippen LogP contribution in [0.25, 0.3) is 0 Å². The van der Waals surface area contributed by atoms with Crippen molar-refractivity contribution in [2.45, 2.75) is 43.9 Å². The minimum absolute atomic E-state index is 0.172. The first-order valence-corrected chi connectivity index (χ1v) is 9.17. The number of amides is 1. The number of ether oxygens (including phenoxy) is 1. The molecule has 0 spiro atoms. The van der Waals surface area contributed by atoms with Gasteiger partial charge in [0.1, 0.15) is 18.0 Å². The van der Waals surface area contributed by atoms with Gasteiger partial charge < -0.3 is 20.9 Å². The molecule has 3 rings (SSSR count). The van der Waals surface area contributed by atoms with E-state index in [9.17, 15) is 9.90 Å². The van der Waals surface area contributed by atoms with E-state index in [1.54, 1.807) is 12.1 Å².